The van der Waals surface area contributed by atoms with Gasteiger partial charge in [0.05, 0.1) is 22.8 Å². The van der Waals surface area contributed by atoms with Gasteiger partial charge in [-0.05, 0) is 50.8 Å². The molecule has 0 amide bonds. The quantitative estimate of drug-likeness (QED) is 0.271. The zero-order valence-corrected chi connectivity index (χ0v) is 25.9. The Kier molecular flexibility index (Phi) is 7.17. The number of anilines is 2. The van der Waals surface area contributed by atoms with Gasteiger partial charge in [-0.25, -0.2) is 18.2 Å². The van der Waals surface area contributed by atoms with Crippen LogP contribution >= 0.6 is 0 Å². The molecule has 7 heterocycles. The first-order valence-corrected chi connectivity index (χ1v) is 15.9. The van der Waals surface area contributed by atoms with Crippen LogP contribution in [0.2, 0.25) is 0 Å². The van der Waals surface area contributed by atoms with Gasteiger partial charge in [0.2, 0.25) is 12.0 Å². The van der Waals surface area contributed by atoms with Crippen molar-refractivity contribution in [2.75, 3.05) is 36.9 Å². The first kappa shape index (κ1) is 32.4. The molecular formula is C31H30F9N7O2. The molecule has 8 rings (SSSR count). The lowest BCUT2D eigenvalue weighted by Crippen LogP contribution is -2.66. The number of ether oxygens (including phenoxy) is 2. The Morgan fingerprint density at radius 1 is 1.08 bits per heavy atom. The predicted octanol–water partition coefficient (Wildman–Crippen LogP) is 5.47. The minimum atomic E-state index is -5.25. The Labute approximate surface area is 272 Å². The molecule has 0 saturated carbocycles. The minimum absolute atomic E-state index is 0.0125. The summed E-state index contributed by atoms with van der Waals surface area (Å²) in [6.07, 6.45) is -11.5. The van der Waals surface area contributed by atoms with Gasteiger partial charge in [-0.1, -0.05) is 0 Å². The summed E-state index contributed by atoms with van der Waals surface area (Å²) in [5, 5.41) is 2.78. The molecule has 4 fully saturated rings. The third-order valence-corrected chi connectivity index (χ3v) is 10.6. The fraction of sp³-hybridized carbons (Fsp3) is 0.581. The molecule has 3 N–H and O–H groups in total. The van der Waals surface area contributed by atoms with Crippen LogP contribution in [0.4, 0.5) is 51.0 Å². The summed E-state index contributed by atoms with van der Waals surface area (Å²) >= 11 is 0. The zero-order valence-electron chi connectivity index (χ0n) is 25.9. The summed E-state index contributed by atoms with van der Waals surface area (Å²) in [6.45, 7) is 1.52. The van der Waals surface area contributed by atoms with Crippen molar-refractivity contribution in [2.24, 2.45) is 0 Å². The Hall–Kier alpha value is -3.80. The van der Waals surface area contributed by atoms with Crippen LogP contribution in [0, 0.1) is 18.6 Å². The lowest BCUT2D eigenvalue weighted by Gasteiger charge is -2.43. The summed E-state index contributed by atoms with van der Waals surface area (Å²) in [4.78, 5) is 15.9. The van der Waals surface area contributed by atoms with Gasteiger partial charge >= 0.3 is 18.4 Å². The number of nitrogen functional groups attached to an aromatic ring is 1. The van der Waals surface area contributed by atoms with Crippen LogP contribution in [-0.2, 0) is 6.18 Å². The van der Waals surface area contributed by atoms with E-state index in [0.717, 1.165) is 13.3 Å². The van der Waals surface area contributed by atoms with E-state index in [4.69, 9.17) is 15.2 Å². The number of hydrogen-bond acceptors (Lipinski definition) is 9. The Balaban J connectivity index is 1.36. The van der Waals surface area contributed by atoms with Gasteiger partial charge in [-0.2, -0.15) is 36.3 Å². The number of rotatable bonds is 4. The molecule has 3 aromatic rings. The number of piperazine rings is 1. The lowest BCUT2D eigenvalue weighted by atomic mass is 9.95. The van der Waals surface area contributed by atoms with E-state index in [9.17, 15) is 35.1 Å². The fourth-order valence-electron chi connectivity index (χ4n) is 8.55. The van der Waals surface area contributed by atoms with Gasteiger partial charge in [-0.15, -0.1) is 0 Å². The number of benzene rings is 1. The molecule has 18 heteroatoms. The van der Waals surface area contributed by atoms with Crippen LogP contribution in [-0.4, -0.2) is 88.2 Å². The number of aromatic nitrogens is 3. The molecule has 2 bridgehead atoms. The normalized spacial score (nSPS) is 29.6. The number of nitrogens with one attached hydrogen (secondary N) is 1. The van der Waals surface area contributed by atoms with Crippen molar-refractivity contribution in [3.05, 3.63) is 28.8 Å². The molecule has 2 aromatic heterocycles. The molecule has 6 atom stereocenters. The molecule has 0 unspecified atom stereocenters. The van der Waals surface area contributed by atoms with Crippen LogP contribution < -0.4 is 25.4 Å². The van der Waals surface area contributed by atoms with Crippen LogP contribution in [0.3, 0.4) is 0 Å². The van der Waals surface area contributed by atoms with Crippen molar-refractivity contribution >= 4 is 22.4 Å². The molecule has 9 nitrogen and oxygen atoms in total. The first-order chi connectivity index (χ1) is 23.1. The second-order valence-electron chi connectivity index (χ2n) is 13.6. The summed E-state index contributed by atoms with van der Waals surface area (Å²) in [7, 11) is 0. The molecule has 1 aromatic carbocycles. The van der Waals surface area contributed by atoms with E-state index in [1.165, 1.54) is 4.90 Å². The highest BCUT2D eigenvalue weighted by atomic mass is 19.4. The van der Waals surface area contributed by atoms with Crippen LogP contribution in [0.1, 0.15) is 43.2 Å². The maximum atomic E-state index is 16.8. The van der Waals surface area contributed by atoms with E-state index in [1.54, 1.807) is 0 Å². The van der Waals surface area contributed by atoms with Crippen molar-refractivity contribution in [1.29, 1.82) is 0 Å². The highest BCUT2D eigenvalue weighted by Crippen LogP contribution is 2.49. The van der Waals surface area contributed by atoms with Crippen molar-refractivity contribution < 1.29 is 49.0 Å². The Bertz CT molecular complexity index is 1860. The molecule has 5 aliphatic rings. The van der Waals surface area contributed by atoms with Crippen LogP contribution in [0.5, 0.6) is 11.9 Å². The number of nitrogens with two attached hydrogens (primary N) is 1. The van der Waals surface area contributed by atoms with Crippen molar-refractivity contribution in [2.45, 2.75) is 87.3 Å². The van der Waals surface area contributed by atoms with Gasteiger partial charge in [0.15, 0.2) is 5.82 Å². The summed E-state index contributed by atoms with van der Waals surface area (Å²) < 4.78 is 145. The maximum absolute atomic E-state index is 16.8. The maximum Gasteiger partial charge on any atom is 0.427 e. The monoisotopic (exact) mass is 703 g/mol. The van der Waals surface area contributed by atoms with Gasteiger partial charge in [-0.3, -0.25) is 4.90 Å². The molecule has 264 valence electrons. The largest absolute Gasteiger partial charge is 0.462 e. The van der Waals surface area contributed by atoms with Crippen LogP contribution in [0.15, 0.2) is 6.07 Å². The minimum Gasteiger partial charge on any atom is -0.462 e. The van der Waals surface area contributed by atoms with E-state index < -0.39 is 105 Å². The topological polar surface area (TPSA) is 102 Å². The molecule has 49 heavy (non-hydrogen) atoms. The van der Waals surface area contributed by atoms with Crippen molar-refractivity contribution in [3.63, 3.8) is 0 Å². The van der Waals surface area contributed by atoms with Gasteiger partial charge in [0.25, 0.3) is 0 Å². The van der Waals surface area contributed by atoms with Gasteiger partial charge in [0.1, 0.15) is 41.0 Å². The van der Waals surface area contributed by atoms with E-state index in [2.05, 4.69) is 20.3 Å². The number of hydrogen-bond donors (Lipinski definition) is 2. The van der Waals surface area contributed by atoms with E-state index in [1.807, 2.05) is 4.90 Å². The number of pyridine rings is 1. The molecule has 0 spiro atoms. The molecule has 4 saturated heterocycles. The summed E-state index contributed by atoms with van der Waals surface area (Å²) in [6, 6.07) is -2.34. The number of nitrogens with zero attached hydrogens (tertiary/aromatic N) is 5. The van der Waals surface area contributed by atoms with E-state index in [0.29, 0.717) is 31.9 Å². The fourth-order valence-corrected chi connectivity index (χ4v) is 8.55. The number of halogens is 9. The Morgan fingerprint density at radius 3 is 2.59 bits per heavy atom. The molecule has 5 aliphatic heterocycles. The van der Waals surface area contributed by atoms with Crippen molar-refractivity contribution in [3.8, 4) is 23.1 Å². The standard InChI is InChI=1S/C31H30F9N7O2/c1-12-19(30(35,36)37)15(7-16(41)20(12)33)22-21(34)23-18-26(45-28(44-23)48-11-29-5-2-6-46(29)9-13(32)8-29)47-10-14-3-4-17(42-14)24(47)25(31(38,39)40)49-27(18)43-22/h7,13-14,17,24-25,42H,2-6,8-11,41H2,1H3/t13-,14-,17+,24+,25-,29+/m1/s1. The van der Waals surface area contributed by atoms with Gasteiger partial charge < -0.3 is 25.4 Å². The predicted molar refractivity (Wildman–Crippen MR) is 157 cm³/mol. The third-order valence-electron chi connectivity index (χ3n) is 10.6. The Morgan fingerprint density at radius 2 is 1.86 bits per heavy atom. The second-order valence-corrected chi connectivity index (χ2v) is 13.6. The average molecular weight is 704 g/mol. The smallest absolute Gasteiger partial charge is 0.427 e. The SMILES string of the molecule is Cc1c(F)c(N)cc(-c2nc3c4c(nc(OC[C@@]56CCCN5C[C@H](F)C6)nc4c2F)N2C[C@H]4CC[C@H](N4)[C@H]2[C@H](C(F)(F)F)O3)c1C(F)(F)F. The molecule has 0 aliphatic carbocycles. The average Bonchev–Trinajstić information content (AvgIpc) is 3.65. The first-order valence-electron chi connectivity index (χ1n) is 15.9. The second kappa shape index (κ2) is 10.8. The summed E-state index contributed by atoms with van der Waals surface area (Å²) in [5.41, 5.74) is -1.21. The van der Waals surface area contributed by atoms with Crippen molar-refractivity contribution in [1.82, 2.24) is 25.2 Å². The highest BCUT2D eigenvalue weighted by molar-refractivity contribution is 5.97. The number of alkyl halides is 7. The third kappa shape index (κ3) is 5.02. The lowest BCUT2D eigenvalue weighted by molar-refractivity contribution is -0.203. The molecular weight excluding hydrogens is 673 g/mol. The number of fused-ring (bicyclic) bond motifs is 6. The summed E-state index contributed by atoms with van der Waals surface area (Å²) in [5.74, 6) is -3.90. The molecule has 0 radical (unpaired) electrons. The zero-order chi connectivity index (χ0) is 34.8. The van der Waals surface area contributed by atoms with E-state index >= 15 is 4.39 Å². The van der Waals surface area contributed by atoms with Crippen LogP contribution in [0.25, 0.3) is 22.2 Å². The van der Waals surface area contributed by atoms with Gasteiger partial charge in [0, 0.05) is 37.2 Å². The van der Waals surface area contributed by atoms with E-state index in [-0.39, 0.29) is 38.0 Å². The highest BCUT2D eigenvalue weighted by Gasteiger charge is 2.58.